The second-order valence-electron chi connectivity index (χ2n) is 11.5. The zero-order valence-electron chi connectivity index (χ0n) is 26.3. The van der Waals surface area contributed by atoms with Gasteiger partial charge in [0, 0.05) is 44.2 Å². The number of nitrogens with zero attached hydrogens (tertiary/aromatic N) is 2. The van der Waals surface area contributed by atoms with Crippen LogP contribution in [0.2, 0.25) is 0 Å². The molecule has 2 fully saturated rings. The first-order valence-electron chi connectivity index (χ1n) is 15.4. The van der Waals surface area contributed by atoms with E-state index in [4.69, 9.17) is 17.3 Å². The van der Waals surface area contributed by atoms with E-state index < -0.39 is 28.0 Å². The molecule has 0 unspecified atom stereocenters. The lowest BCUT2D eigenvalue weighted by atomic mass is 10.0. The highest BCUT2D eigenvalue weighted by Crippen LogP contribution is 2.22. The van der Waals surface area contributed by atoms with Crippen LogP contribution in [-0.4, -0.2) is 93.8 Å². The first kappa shape index (κ1) is 36.4. The highest BCUT2D eigenvalue weighted by molar-refractivity contribution is 7.88. The Kier molecular flexibility index (Phi) is 14.3. The predicted molar refractivity (Wildman–Crippen MR) is 178 cm³/mol. The van der Waals surface area contributed by atoms with Crippen LogP contribution in [0, 0.1) is 0 Å². The van der Waals surface area contributed by atoms with E-state index in [1.165, 1.54) is 4.90 Å². The second kappa shape index (κ2) is 17.6. The summed E-state index contributed by atoms with van der Waals surface area (Å²) in [5.41, 5.74) is 7.92. The van der Waals surface area contributed by atoms with E-state index in [0.29, 0.717) is 30.5 Å². The molecule has 1 aromatic carbocycles. The molecule has 0 radical (unpaired) electrons. The average molecular weight is 663 g/mol. The lowest BCUT2D eigenvalue weighted by molar-refractivity contribution is -0.140. The first-order valence-corrected chi connectivity index (χ1v) is 17.5. The molecule has 0 saturated carbocycles. The zero-order chi connectivity index (χ0) is 33.0. The lowest BCUT2D eigenvalue weighted by Crippen LogP contribution is -2.54. The van der Waals surface area contributed by atoms with Gasteiger partial charge in [-0.25, -0.2) is 13.1 Å². The summed E-state index contributed by atoms with van der Waals surface area (Å²) in [4.78, 5) is 43.6. The summed E-state index contributed by atoms with van der Waals surface area (Å²) in [6.45, 7) is 7.84. The topological polar surface area (TPSA) is 154 Å². The van der Waals surface area contributed by atoms with Crippen LogP contribution < -0.4 is 21.1 Å². The van der Waals surface area contributed by atoms with Gasteiger partial charge in [0.15, 0.2) is 0 Å². The Morgan fingerprint density at radius 1 is 1.18 bits per heavy atom. The standard InChI is InChI=1S/C32H47ClN6O5S/c1-4-25(20-34)26(19-23(2)33)21-36-31(41)29-11-8-18-39(29)32(42)28(37-45(43,44)22-24-9-6-5-7-10-24)12-13-30(40)38(3)27-14-16-35-17-15-27/h4-7,9-10,19,27-29,35,37H,2,8,11-18,20-22,34H2,1,3H3,(H,36,41)/b25-4-,26-19-/t28-,29+/m1/s1. The van der Waals surface area contributed by atoms with Gasteiger partial charge in [-0.15, -0.1) is 0 Å². The van der Waals surface area contributed by atoms with Crippen molar-refractivity contribution in [3.05, 3.63) is 70.8 Å². The van der Waals surface area contributed by atoms with Crippen LogP contribution >= 0.6 is 11.6 Å². The summed E-state index contributed by atoms with van der Waals surface area (Å²) in [7, 11) is -2.21. The minimum absolute atomic E-state index is 0.0168. The van der Waals surface area contributed by atoms with Gasteiger partial charge < -0.3 is 26.2 Å². The fourth-order valence-electron chi connectivity index (χ4n) is 5.81. The molecule has 11 nitrogen and oxygen atoms in total. The van der Waals surface area contributed by atoms with Crippen LogP contribution in [0.15, 0.2) is 65.2 Å². The molecule has 45 heavy (non-hydrogen) atoms. The number of amides is 3. The number of carbonyl (C=O) groups excluding carboxylic acids is 3. The molecule has 3 amide bonds. The fourth-order valence-corrected chi connectivity index (χ4v) is 7.31. The molecular formula is C32H47ClN6O5S. The van der Waals surface area contributed by atoms with Crippen molar-refractivity contribution in [2.45, 2.75) is 69.3 Å². The van der Waals surface area contributed by atoms with Crippen molar-refractivity contribution >= 4 is 39.3 Å². The molecule has 3 rings (SSSR count). The number of hydrogen-bond acceptors (Lipinski definition) is 7. The number of likely N-dealkylation sites (tertiary alicyclic amines) is 1. The largest absolute Gasteiger partial charge is 0.350 e. The molecule has 2 aliphatic rings. The van der Waals surface area contributed by atoms with Crippen molar-refractivity contribution < 1.29 is 22.8 Å². The summed E-state index contributed by atoms with van der Waals surface area (Å²) < 4.78 is 29.1. The fraction of sp³-hybridized carbons (Fsp3) is 0.531. The quantitative estimate of drug-likeness (QED) is 0.210. The molecule has 2 aliphatic heterocycles. The molecule has 2 atom stereocenters. The van der Waals surface area contributed by atoms with Crippen LogP contribution in [0.3, 0.4) is 0 Å². The third-order valence-corrected chi connectivity index (χ3v) is 9.79. The Morgan fingerprint density at radius 2 is 1.87 bits per heavy atom. The van der Waals surface area contributed by atoms with E-state index in [0.717, 1.165) is 31.5 Å². The van der Waals surface area contributed by atoms with Gasteiger partial charge in [0.1, 0.15) is 12.1 Å². The number of sulfonamides is 1. The molecule has 248 valence electrons. The number of benzene rings is 1. The normalized spacial score (nSPS) is 18.8. The minimum Gasteiger partial charge on any atom is -0.350 e. The van der Waals surface area contributed by atoms with E-state index in [9.17, 15) is 22.8 Å². The third kappa shape index (κ3) is 11.1. The Hall–Kier alpha value is -3.03. The average Bonchev–Trinajstić information content (AvgIpc) is 3.52. The molecule has 1 aromatic rings. The maximum absolute atomic E-state index is 14.0. The van der Waals surface area contributed by atoms with Gasteiger partial charge in [-0.3, -0.25) is 14.4 Å². The summed E-state index contributed by atoms with van der Waals surface area (Å²) in [6, 6.07) is 6.75. The highest BCUT2D eigenvalue weighted by Gasteiger charge is 2.38. The summed E-state index contributed by atoms with van der Waals surface area (Å²) in [5, 5.41) is 6.45. The van der Waals surface area contributed by atoms with Crippen LogP contribution in [0.4, 0.5) is 0 Å². The SMILES string of the molecule is C=C(Cl)/C=C(CNC(=O)[C@@H]1CCCN1C(=O)[C@@H](CCC(=O)N(C)C1CCNCC1)NS(=O)(=O)Cc1ccccc1)\C(=C/C)CN. The number of nitrogens with two attached hydrogens (primary N) is 1. The lowest BCUT2D eigenvalue weighted by Gasteiger charge is -2.32. The van der Waals surface area contributed by atoms with Gasteiger partial charge in [0.05, 0.1) is 5.75 Å². The number of allylic oxidation sites excluding steroid dienone is 3. The number of piperidine rings is 1. The van der Waals surface area contributed by atoms with Crippen LogP contribution in [-0.2, 0) is 30.2 Å². The molecule has 13 heteroatoms. The number of rotatable bonds is 15. The van der Waals surface area contributed by atoms with Crippen LogP contribution in [0.25, 0.3) is 0 Å². The van der Waals surface area contributed by atoms with E-state index in [1.54, 1.807) is 48.4 Å². The maximum atomic E-state index is 14.0. The Labute approximate surface area is 272 Å². The van der Waals surface area contributed by atoms with Gasteiger partial charge >= 0.3 is 0 Å². The van der Waals surface area contributed by atoms with E-state index >= 15 is 0 Å². The molecular weight excluding hydrogens is 616 g/mol. The van der Waals surface area contributed by atoms with Gasteiger partial charge in [-0.2, -0.15) is 0 Å². The van der Waals surface area contributed by atoms with Crippen molar-refractivity contribution in [2.24, 2.45) is 5.73 Å². The van der Waals surface area contributed by atoms with Crippen molar-refractivity contribution in [3.63, 3.8) is 0 Å². The molecule has 2 heterocycles. The van der Waals surface area contributed by atoms with Gasteiger partial charge in [-0.05, 0) is 74.9 Å². The molecule has 2 saturated heterocycles. The number of carbonyl (C=O) groups is 3. The van der Waals surface area contributed by atoms with Gasteiger partial charge in [0.2, 0.25) is 27.7 Å². The minimum atomic E-state index is -3.96. The molecule has 5 N–H and O–H groups in total. The van der Waals surface area contributed by atoms with E-state index in [2.05, 4.69) is 21.9 Å². The van der Waals surface area contributed by atoms with Gasteiger partial charge in [-0.1, -0.05) is 54.6 Å². The molecule has 0 bridgehead atoms. The van der Waals surface area contributed by atoms with Crippen LogP contribution in [0.1, 0.15) is 51.0 Å². The maximum Gasteiger partial charge on any atom is 0.243 e. The summed E-state index contributed by atoms with van der Waals surface area (Å²) >= 11 is 6.00. The van der Waals surface area contributed by atoms with Crippen molar-refractivity contribution in [1.82, 2.24) is 25.2 Å². The zero-order valence-corrected chi connectivity index (χ0v) is 27.8. The number of nitrogens with one attached hydrogen (secondary N) is 3. The Morgan fingerprint density at radius 3 is 2.49 bits per heavy atom. The first-order chi connectivity index (χ1) is 21.5. The Balaban J connectivity index is 1.76. The van der Waals surface area contributed by atoms with Crippen molar-refractivity contribution in [1.29, 1.82) is 0 Å². The smallest absolute Gasteiger partial charge is 0.243 e. The summed E-state index contributed by atoms with van der Waals surface area (Å²) in [5.74, 6) is -1.37. The number of halogens is 1. The van der Waals surface area contributed by atoms with E-state index in [1.807, 2.05) is 13.0 Å². The van der Waals surface area contributed by atoms with Crippen LogP contribution in [0.5, 0.6) is 0 Å². The predicted octanol–water partition coefficient (Wildman–Crippen LogP) is 2.16. The molecule has 0 spiro atoms. The molecule has 0 aliphatic carbocycles. The van der Waals surface area contributed by atoms with Gasteiger partial charge in [0.25, 0.3) is 0 Å². The monoisotopic (exact) mass is 662 g/mol. The molecule has 0 aromatic heterocycles. The summed E-state index contributed by atoms with van der Waals surface area (Å²) in [6.07, 6.45) is 6.08. The third-order valence-electron chi connectivity index (χ3n) is 8.32. The van der Waals surface area contributed by atoms with Crippen molar-refractivity contribution in [2.75, 3.05) is 39.8 Å². The number of hydrogen-bond donors (Lipinski definition) is 4. The second-order valence-corrected chi connectivity index (χ2v) is 13.7. The van der Waals surface area contributed by atoms with E-state index in [-0.39, 0.29) is 54.6 Å². The Bertz CT molecular complexity index is 1360. The highest BCUT2D eigenvalue weighted by atomic mass is 35.5. The van der Waals surface area contributed by atoms with Crippen molar-refractivity contribution in [3.8, 4) is 0 Å².